The molecule has 1 aromatic heterocycles. The summed E-state index contributed by atoms with van der Waals surface area (Å²) >= 11 is 6.20. The Balaban J connectivity index is 1.43. The van der Waals surface area contributed by atoms with Crippen LogP contribution in [-0.2, 0) is 10.8 Å². The van der Waals surface area contributed by atoms with Gasteiger partial charge in [0.05, 0.1) is 16.3 Å². The maximum Gasteiger partial charge on any atom is 0.540 e. The van der Waals surface area contributed by atoms with E-state index in [-0.39, 0.29) is 27.8 Å². The Morgan fingerprint density at radius 2 is 1.75 bits per heavy atom. The molecule has 0 saturated heterocycles. The Hall–Kier alpha value is -4.10. The molecule has 1 aliphatic rings. The van der Waals surface area contributed by atoms with E-state index in [1.54, 1.807) is 0 Å². The third-order valence-corrected chi connectivity index (χ3v) is 4.96. The summed E-state index contributed by atoms with van der Waals surface area (Å²) in [4.78, 5) is 28.0. The minimum absolute atomic E-state index is 0.0734. The van der Waals surface area contributed by atoms with Crippen LogP contribution in [0.3, 0.4) is 0 Å². The lowest BCUT2D eigenvalue weighted by atomic mass is 10.1. The lowest BCUT2D eigenvalue weighted by molar-refractivity contribution is -0.461. The average Bonchev–Trinajstić information content (AvgIpc) is 2.80. The fraction of sp³-hybridized carbons (Fsp3) is 0.136. The number of urea groups is 1. The number of hydrogen-bond acceptors (Lipinski definition) is 6. The smallest absolute Gasteiger partial charge is 0.457 e. The van der Waals surface area contributed by atoms with E-state index in [4.69, 9.17) is 16.3 Å². The molecular formula is C22H15ClF4N4O5. The van der Waals surface area contributed by atoms with Crippen LogP contribution >= 0.6 is 11.6 Å². The summed E-state index contributed by atoms with van der Waals surface area (Å²) in [5.41, 5.74) is -0.842. The molecule has 2 heterocycles. The summed E-state index contributed by atoms with van der Waals surface area (Å²) in [5.74, 6) is -0.594. The molecule has 0 bridgehead atoms. The number of rotatable bonds is 5. The lowest BCUT2D eigenvalue weighted by Gasteiger charge is -2.30. The maximum absolute atomic E-state index is 13.9. The summed E-state index contributed by atoms with van der Waals surface area (Å²) in [6.45, 7) is 0. The molecule has 2 aromatic carbocycles. The van der Waals surface area contributed by atoms with Crippen molar-refractivity contribution in [3.05, 3.63) is 71.0 Å². The van der Waals surface area contributed by atoms with Gasteiger partial charge in [0.15, 0.2) is 0 Å². The highest BCUT2D eigenvalue weighted by atomic mass is 35.5. The Labute approximate surface area is 205 Å². The SMILES string of the molecule is CNC(=O)c1cc(Oc2ccc(NC(=O)Nc3ccc4c(c3)C(F)(F)OC(F)(F)O4)c(Cl)c2)ccn1. The number of hydrogen-bond donors (Lipinski definition) is 3. The molecule has 0 unspecified atom stereocenters. The topological polar surface area (TPSA) is 111 Å². The van der Waals surface area contributed by atoms with Crippen molar-refractivity contribution in [3.8, 4) is 17.2 Å². The van der Waals surface area contributed by atoms with Gasteiger partial charge in [0.2, 0.25) is 0 Å². The van der Waals surface area contributed by atoms with E-state index in [0.717, 1.165) is 18.2 Å². The number of ether oxygens (including phenoxy) is 3. The van der Waals surface area contributed by atoms with Crippen LogP contribution in [0, 0.1) is 0 Å². The van der Waals surface area contributed by atoms with E-state index in [0.29, 0.717) is 5.75 Å². The second kappa shape index (κ2) is 9.51. The zero-order chi connectivity index (χ0) is 26.1. The van der Waals surface area contributed by atoms with Gasteiger partial charge in [-0.3, -0.25) is 9.78 Å². The van der Waals surface area contributed by atoms with Crippen LogP contribution in [-0.4, -0.2) is 30.3 Å². The van der Waals surface area contributed by atoms with Gasteiger partial charge in [0.1, 0.15) is 22.9 Å². The van der Waals surface area contributed by atoms with Crippen molar-refractivity contribution >= 4 is 34.9 Å². The van der Waals surface area contributed by atoms with Gasteiger partial charge in [0.25, 0.3) is 5.91 Å². The predicted molar refractivity (Wildman–Crippen MR) is 119 cm³/mol. The number of amides is 3. The quantitative estimate of drug-likeness (QED) is 0.377. The second-order valence-corrected chi connectivity index (χ2v) is 7.58. The van der Waals surface area contributed by atoms with Crippen LogP contribution in [0.5, 0.6) is 17.2 Å². The minimum atomic E-state index is -4.50. The van der Waals surface area contributed by atoms with Crippen LogP contribution in [0.25, 0.3) is 0 Å². The highest BCUT2D eigenvalue weighted by molar-refractivity contribution is 6.34. The lowest BCUT2D eigenvalue weighted by Crippen LogP contribution is -2.41. The third kappa shape index (κ3) is 5.58. The molecule has 36 heavy (non-hydrogen) atoms. The monoisotopic (exact) mass is 526 g/mol. The zero-order valence-corrected chi connectivity index (χ0v) is 18.8. The molecule has 3 amide bonds. The zero-order valence-electron chi connectivity index (χ0n) is 18.1. The van der Waals surface area contributed by atoms with E-state index in [2.05, 4.69) is 30.4 Å². The van der Waals surface area contributed by atoms with E-state index in [1.165, 1.54) is 43.6 Å². The second-order valence-electron chi connectivity index (χ2n) is 7.17. The molecule has 3 N–H and O–H groups in total. The van der Waals surface area contributed by atoms with Gasteiger partial charge in [-0.2, -0.15) is 8.78 Å². The number of nitrogens with zero attached hydrogens (tertiary/aromatic N) is 1. The van der Waals surface area contributed by atoms with Gasteiger partial charge in [-0.1, -0.05) is 11.6 Å². The molecule has 4 rings (SSSR count). The molecular weight excluding hydrogens is 512 g/mol. The standard InChI is InChI=1S/C22H15ClF4N4O5/c1-28-19(32)17-10-13(6-7-29-17)34-12-3-4-16(15(23)9-12)31-20(33)30-11-2-5-18-14(8-11)21(24,25)36-22(26,27)35-18/h2-10H,1H3,(H,28,32)(H2,30,31,33). The van der Waals surface area contributed by atoms with E-state index in [1.807, 2.05) is 0 Å². The molecule has 0 saturated carbocycles. The fourth-order valence-corrected chi connectivity index (χ4v) is 3.30. The molecule has 0 radical (unpaired) electrons. The van der Waals surface area contributed by atoms with E-state index < -0.39 is 35.7 Å². The van der Waals surface area contributed by atoms with Crippen LogP contribution in [0.15, 0.2) is 54.7 Å². The molecule has 14 heteroatoms. The van der Waals surface area contributed by atoms with Crippen LogP contribution in [0.2, 0.25) is 5.02 Å². The maximum atomic E-state index is 13.9. The van der Waals surface area contributed by atoms with Gasteiger partial charge in [-0.05, 0) is 36.4 Å². The molecule has 188 valence electrons. The van der Waals surface area contributed by atoms with Crippen molar-refractivity contribution < 1.29 is 41.4 Å². The van der Waals surface area contributed by atoms with Crippen molar-refractivity contribution in [3.63, 3.8) is 0 Å². The molecule has 0 aliphatic carbocycles. The number of aromatic nitrogens is 1. The summed E-state index contributed by atoms with van der Waals surface area (Å²) < 4.78 is 67.2. The average molecular weight is 527 g/mol. The van der Waals surface area contributed by atoms with E-state index in [9.17, 15) is 27.2 Å². The van der Waals surface area contributed by atoms with Crippen LogP contribution < -0.4 is 25.4 Å². The van der Waals surface area contributed by atoms with Crippen molar-refractivity contribution in [2.24, 2.45) is 0 Å². The number of benzene rings is 2. The van der Waals surface area contributed by atoms with Gasteiger partial charge >= 0.3 is 18.4 Å². The first-order valence-electron chi connectivity index (χ1n) is 9.99. The van der Waals surface area contributed by atoms with Crippen LogP contribution in [0.4, 0.5) is 33.7 Å². The number of nitrogens with one attached hydrogen (secondary N) is 3. The molecule has 0 spiro atoms. The van der Waals surface area contributed by atoms with Crippen molar-refractivity contribution in [2.45, 2.75) is 12.4 Å². The van der Waals surface area contributed by atoms with Crippen molar-refractivity contribution in [1.29, 1.82) is 0 Å². The van der Waals surface area contributed by atoms with Gasteiger partial charge in [0, 0.05) is 31.1 Å². The number of carbonyl (C=O) groups excluding carboxylic acids is 2. The Morgan fingerprint density at radius 1 is 1.00 bits per heavy atom. The number of alkyl halides is 4. The molecule has 1 aliphatic heterocycles. The van der Waals surface area contributed by atoms with Gasteiger partial charge < -0.3 is 25.4 Å². The molecule has 3 aromatic rings. The number of anilines is 2. The highest BCUT2D eigenvalue weighted by Gasteiger charge is 2.54. The largest absolute Gasteiger partial charge is 0.540 e. The molecule has 0 fully saturated rings. The van der Waals surface area contributed by atoms with Gasteiger partial charge in [-0.15, -0.1) is 8.78 Å². The number of carbonyl (C=O) groups is 2. The number of pyridine rings is 1. The van der Waals surface area contributed by atoms with E-state index >= 15 is 0 Å². The van der Waals surface area contributed by atoms with Crippen LogP contribution in [0.1, 0.15) is 16.1 Å². The Kier molecular flexibility index (Phi) is 6.61. The predicted octanol–water partition coefficient (Wildman–Crippen LogP) is 5.54. The number of fused-ring (bicyclic) bond motifs is 1. The first-order valence-corrected chi connectivity index (χ1v) is 10.4. The summed E-state index contributed by atoms with van der Waals surface area (Å²) in [6.07, 6.45) is -7.46. The summed E-state index contributed by atoms with van der Waals surface area (Å²) in [6, 6.07) is 9.07. The molecule has 0 atom stereocenters. The normalized spacial score (nSPS) is 15.2. The first kappa shape index (κ1) is 25.0. The van der Waals surface area contributed by atoms with Gasteiger partial charge in [-0.25, -0.2) is 9.53 Å². The third-order valence-electron chi connectivity index (χ3n) is 4.64. The minimum Gasteiger partial charge on any atom is -0.457 e. The summed E-state index contributed by atoms with van der Waals surface area (Å²) in [7, 11) is 1.46. The number of halogens is 5. The Morgan fingerprint density at radius 3 is 2.47 bits per heavy atom. The summed E-state index contributed by atoms with van der Waals surface area (Å²) in [5, 5.41) is 7.23. The molecule has 9 nitrogen and oxygen atoms in total. The van der Waals surface area contributed by atoms with Crippen molar-refractivity contribution in [2.75, 3.05) is 17.7 Å². The first-order chi connectivity index (χ1) is 17.0. The highest BCUT2D eigenvalue weighted by Crippen LogP contribution is 2.46. The Bertz CT molecular complexity index is 1340. The van der Waals surface area contributed by atoms with Crippen molar-refractivity contribution in [1.82, 2.24) is 10.3 Å². The fourth-order valence-electron chi connectivity index (χ4n) is 3.09.